The lowest BCUT2D eigenvalue weighted by Crippen LogP contribution is -2.49. The molecule has 1 unspecified atom stereocenters. The first-order valence-electron chi connectivity index (χ1n) is 6.84. The second-order valence-electron chi connectivity index (χ2n) is 4.96. The summed E-state index contributed by atoms with van der Waals surface area (Å²) in [6.07, 6.45) is -3.24. The van der Waals surface area contributed by atoms with Crippen molar-refractivity contribution in [3.63, 3.8) is 0 Å². The number of unbranched alkanes of at least 4 members (excludes halogenated alkanes) is 1. The molecule has 0 radical (unpaired) electrons. The van der Waals surface area contributed by atoms with E-state index < -0.39 is 24.1 Å². The number of hydrogen-bond donors (Lipinski definition) is 2. The van der Waals surface area contributed by atoms with Crippen LogP contribution in [-0.2, 0) is 9.53 Å². The Morgan fingerprint density at radius 1 is 1.15 bits per heavy atom. The number of halogens is 3. The smallest absolute Gasteiger partial charge is 0.389 e. The number of likely N-dealkylation sites (N-methyl/N-ethyl adjacent to an activating group) is 1. The van der Waals surface area contributed by atoms with E-state index in [1.54, 1.807) is 6.92 Å². The molecule has 0 rings (SSSR count). The van der Waals surface area contributed by atoms with Gasteiger partial charge in [-0.3, -0.25) is 4.79 Å². The highest BCUT2D eigenvalue weighted by atomic mass is 19.4. The van der Waals surface area contributed by atoms with E-state index in [0.717, 1.165) is 0 Å². The Hall–Kier alpha value is -0.820. The topological polar surface area (TPSA) is 58.6 Å². The van der Waals surface area contributed by atoms with Crippen molar-refractivity contribution in [2.24, 2.45) is 0 Å². The maximum atomic E-state index is 11.8. The van der Waals surface area contributed by atoms with Gasteiger partial charge in [0.2, 0.25) is 0 Å². The molecule has 0 spiro atoms. The summed E-state index contributed by atoms with van der Waals surface area (Å²) in [7, 11) is 0. The number of carboxylic acids is 1. The molecule has 0 saturated carbocycles. The second kappa shape index (κ2) is 9.18. The average Bonchev–Trinajstić information content (AvgIpc) is 2.31. The van der Waals surface area contributed by atoms with Gasteiger partial charge in [-0.2, -0.15) is 13.2 Å². The zero-order chi connectivity index (χ0) is 15.6. The van der Waals surface area contributed by atoms with E-state index in [1.807, 2.05) is 6.92 Å². The lowest BCUT2D eigenvalue weighted by Gasteiger charge is -2.25. The molecule has 0 saturated heterocycles. The Labute approximate surface area is 117 Å². The number of ether oxygens (including phenoxy) is 1. The molecule has 0 fully saturated rings. The highest BCUT2D eigenvalue weighted by Gasteiger charge is 2.31. The van der Waals surface area contributed by atoms with Crippen LogP contribution < -0.4 is 5.32 Å². The van der Waals surface area contributed by atoms with Crippen LogP contribution >= 0.6 is 0 Å². The van der Waals surface area contributed by atoms with Crippen molar-refractivity contribution in [1.29, 1.82) is 0 Å². The number of hydrogen-bond acceptors (Lipinski definition) is 3. The number of carboxylic acid groups (broad SMARTS) is 1. The predicted octanol–water partition coefficient (Wildman–Crippen LogP) is 2.97. The average molecular weight is 299 g/mol. The Balaban J connectivity index is 3.63. The highest BCUT2D eigenvalue weighted by molar-refractivity contribution is 5.78. The summed E-state index contributed by atoms with van der Waals surface area (Å²) in [5.74, 6) is -0.898. The van der Waals surface area contributed by atoms with Crippen molar-refractivity contribution in [1.82, 2.24) is 5.32 Å². The van der Waals surface area contributed by atoms with Crippen molar-refractivity contribution >= 4 is 5.97 Å². The molecule has 0 amide bonds. The first-order valence-corrected chi connectivity index (χ1v) is 6.84. The van der Waals surface area contributed by atoms with Gasteiger partial charge in [0.25, 0.3) is 0 Å². The van der Waals surface area contributed by atoms with E-state index in [1.165, 1.54) is 0 Å². The van der Waals surface area contributed by atoms with Crippen LogP contribution in [0.5, 0.6) is 0 Å². The molecule has 0 bridgehead atoms. The lowest BCUT2D eigenvalue weighted by atomic mass is 9.95. The van der Waals surface area contributed by atoms with Gasteiger partial charge in [-0.15, -0.1) is 0 Å². The molecular weight excluding hydrogens is 275 g/mol. The Kier molecular flexibility index (Phi) is 8.80. The van der Waals surface area contributed by atoms with Gasteiger partial charge in [0.1, 0.15) is 5.54 Å². The van der Waals surface area contributed by atoms with Crippen molar-refractivity contribution < 1.29 is 27.8 Å². The van der Waals surface area contributed by atoms with Gasteiger partial charge in [-0.25, -0.2) is 0 Å². The molecule has 0 aliphatic rings. The molecule has 2 N–H and O–H groups in total. The molecular formula is C13H24F3NO3. The van der Waals surface area contributed by atoms with Crippen molar-refractivity contribution in [2.45, 2.75) is 57.7 Å². The summed E-state index contributed by atoms with van der Waals surface area (Å²) in [5.41, 5.74) is -0.953. The Morgan fingerprint density at radius 3 is 2.25 bits per heavy atom. The fraction of sp³-hybridized carbons (Fsp3) is 0.923. The summed E-state index contributed by atoms with van der Waals surface area (Å²) < 4.78 is 40.6. The fourth-order valence-corrected chi connectivity index (χ4v) is 1.82. The van der Waals surface area contributed by atoms with E-state index in [-0.39, 0.29) is 13.0 Å². The Bertz CT molecular complexity index is 285. The third kappa shape index (κ3) is 9.14. The number of nitrogens with one attached hydrogen (secondary N) is 1. The summed E-state index contributed by atoms with van der Waals surface area (Å²) >= 11 is 0. The minimum atomic E-state index is -4.13. The van der Waals surface area contributed by atoms with E-state index in [2.05, 4.69) is 5.32 Å². The minimum Gasteiger partial charge on any atom is -0.480 e. The monoisotopic (exact) mass is 299 g/mol. The maximum absolute atomic E-state index is 11.8. The lowest BCUT2D eigenvalue weighted by molar-refractivity contribution is -0.144. The van der Waals surface area contributed by atoms with Crippen LogP contribution in [0.25, 0.3) is 0 Å². The number of rotatable bonds is 11. The number of aliphatic carboxylic acids is 1. The molecule has 120 valence electrons. The van der Waals surface area contributed by atoms with Gasteiger partial charge in [0.05, 0.1) is 0 Å². The molecule has 0 aliphatic heterocycles. The molecule has 0 aromatic rings. The predicted molar refractivity (Wildman–Crippen MR) is 69.7 cm³/mol. The van der Waals surface area contributed by atoms with Gasteiger partial charge in [-0.1, -0.05) is 6.92 Å². The van der Waals surface area contributed by atoms with E-state index in [4.69, 9.17) is 9.84 Å². The SMILES string of the molecule is CCNC(C)(CCCCOCCCC(F)(F)F)C(=O)O. The van der Waals surface area contributed by atoms with Crippen molar-refractivity contribution in [3.8, 4) is 0 Å². The van der Waals surface area contributed by atoms with E-state index in [9.17, 15) is 18.0 Å². The van der Waals surface area contributed by atoms with Gasteiger partial charge >= 0.3 is 12.1 Å². The van der Waals surface area contributed by atoms with E-state index >= 15 is 0 Å². The quantitative estimate of drug-likeness (QED) is 0.576. The molecule has 4 nitrogen and oxygen atoms in total. The summed E-state index contributed by atoms with van der Waals surface area (Å²) in [5, 5.41) is 12.0. The van der Waals surface area contributed by atoms with Gasteiger partial charge in [-0.05, 0) is 39.2 Å². The normalized spacial score (nSPS) is 15.1. The molecule has 0 heterocycles. The number of carbonyl (C=O) groups is 1. The van der Waals surface area contributed by atoms with Crippen LogP contribution in [-0.4, -0.2) is 42.5 Å². The molecule has 1 atom stereocenters. The molecule has 0 aromatic carbocycles. The largest absolute Gasteiger partial charge is 0.480 e. The van der Waals surface area contributed by atoms with Crippen LogP contribution in [0, 0.1) is 0 Å². The zero-order valence-corrected chi connectivity index (χ0v) is 12.1. The minimum absolute atomic E-state index is 0.0340. The van der Waals surface area contributed by atoms with Crippen LogP contribution in [0.1, 0.15) is 46.0 Å². The van der Waals surface area contributed by atoms with Crippen LogP contribution in [0.15, 0.2) is 0 Å². The Morgan fingerprint density at radius 2 is 1.75 bits per heavy atom. The summed E-state index contributed by atoms with van der Waals surface area (Å²) in [6.45, 7) is 4.48. The first-order chi connectivity index (χ1) is 9.21. The molecule has 7 heteroatoms. The van der Waals surface area contributed by atoms with Gasteiger partial charge < -0.3 is 15.2 Å². The fourth-order valence-electron chi connectivity index (χ4n) is 1.82. The first kappa shape index (κ1) is 19.2. The summed E-state index contributed by atoms with van der Waals surface area (Å²) in [4.78, 5) is 11.1. The molecule has 0 aliphatic carbocycles. The van der Waals surface area contributed by atoms with Crippen LogP contribution in [0.2, 0.25) is 0 Å². The van der Waals surface area contributed by atoms with Crippen LogP contribution in [0.3, 0.4) is 0 Å². The standard InChI is InChI=1S/C13H24F3NO3/c1-3-17-12(2,11(18)19)7-4-5-9-20-10-6-8-13(14,15)16/h17H,3-10H2,1-2H3,(H,18,19). The van der Waals surface area contributed by atoms with Crippen molar-refractivity contribution in [2.75, 3.05) is 19.8 Å². The zero-order valence-electron chi connectivity index (χ0n) is 12.1. The molecule has 20 heavy (non-hydrogen) atoms. The highest BCUT2D eigenvalue weighted by Crippen LogP contribution is 2.21. The maximum Gasteiger partial charge on any atom is 0.389 e. The van der Waals surface area contributed by atoms with Crippen molar-refractivity contribution in [3.05, 3.63) is 0 Å². The van der Waals surface area contributed by atoms with E-state index in [0.29, 0.717) is 32.4 Å². The second-order valence-corrected chi connectivity index (χ2v) is 4.96. The summed E-state index contributed by atoms with van der Waals surface area (Å²) in [6, 6.07) is 0. The number of alkyl halides is 3. The van der Waals surface area contributed by atoms with Gasteiger partial charge in [0.15, 0.2) is 0 Å². The molecule has 0 aromatic heterocycles. The van der Waals surface area contributed by atoms with Gasteiger partial charge in [0, 0.05) is 19.6 Å². The van der Waals surface area contributed by atoms with Crippen LogP contribution in [0.4, 0.5) is 13.2 Å². The third-order valence-electron chi connectivity index (χ3n) is 3.00. The third-order valence-corrected chi connectivity index (χ3v) is 3.00.